The van der Waals surface area contributed by atoms with Crippen LogP contribution in [0.2, 0.25) is 0 Å². The van der Waals surface area contributed by atoms with Crippen LogP contribution in [-0.4, -0.2) is 36.1 Å². The first-order valence-corrected chi connectivity index (χ1v) is 6.83. The lowest BCUT2D eigenvalue weighted by Gasteiger charge is -2.25. The smallest absolute Gasteiger partial charge is 0.283 e. The molecule has 2 heterocycles. The second-order valence-corrected chi connectivity index (χ2v) is 4.78. The van der Waals surface area contributed by atoms with E-state index in [1.54, 1.807) is 12.1 Å². The minimum Gasteiger partial charge on any atom is -0.442 e. The van der Waals surface area contributed by atoms with Crippen molar-refractivity contribution in [3.8, 4) is 0 Å². The molecule has 20 heavy (non-hydrogen) atoms. The summed E-state index contributed by atoms with van der Waals surface area (Å²) in [6.07, 6.45) is 4.58. The second kappa shape index (κ2) is 5.88. The van der Waals surface area contributed by atoms with Crippen LogP contribution in [0.4, 0.5) is 0 Å². The van der Waals surface area contributed by atoms with Gasteiger partial charge in [0, 0.05) is 32.6 Å². The number of aromatic nitrogens is 1. The van der Waals surface area contributed by atoms with E-state index in [4.69, 9.17) is 4.42 Å². The van der Waals surface area contributed by atoms with E-state index in [2.05, 4.69) is 21.4 Å². The number of fused-ring (bicyclic) bond motifs is 1. The fourth-order valence-electron chi connectivity index (χ4n) is 2.28. The Kier molecular flexibility index (Phi) is 3.78. The number of nitrogens with zero attached hydrogens (tertiary/aromatic N) is 2. The average molecular weight is 271 g/mol. The van der Waals surface area contributed by atoms with Crippen LogP contribution in [0, 0.1) is 0 Å². The Morgan fingerprint density at radius 1 is 1.30 bits per heavy atom. The maximum Gasteiger partial charge on any atom is 0.283 e. The lowest BCUT2D eigenvalue weighted by Crippen LogP contribution is -2.40. The molecule has 0 saturated carbocycles. The molecule has 5 heteroatoms. The summed E-state index contributed by atoms with van der Waals surface area (Å²) in [6.45, 7) is 4.03. The Balaban J connectivity index is 1.74. The van der Waals surface area contributed by atoms with E-state index in [9.17, 15) is 4.79 Å². The monoisotopic (exact) mass is 271 g/mol. The highest BCUT2D eigenvalue weighted by Gasteiger charge is 2.06. The lowest BCUT2D eigenvalue weighted by atomic mass is 10.2. The molecular weight excluding hydrogens is 254 g/mol. The van der Waals surface area contributed by atoms with Crippen LogP contribution in [0.5, 0.6) is 0 Å². The van der Waals surface area contributed by atoms with E-state index < -0.39 is 0 Å². The molecule has 0 radical (unpaired) electrons. The first kappa shape index (κ1) is 12.9. The summed E-state index contributed by atoms with van der Waals surface area (Å²) in [5, 5.41) is 3.83. The first-order chi connectivity index (χ1) is 9.83. The first-order valence-electron chi connectivity index (χ1n) is 6.83. The van der Waals surface area contributed by atoms with Crippen LogP contribution in [0.1, 0.15) is 5.89 Å². The van der Waals surface area contributed by atoms with Crippen LogP contribution in [-0.2, 0) is 6.42 Å². The maximum absolute atomic E-state index is 11.9. The normalized spacial score (nSPS) is 16.1. The van der Waals surface area contributed by atoms with Gasteiger partial charge in [-0.1, -0.05) is 18.2 Å². The lowest BCUT2D eigenvalue weighted by molar-refractivity contribution is 0.323. The zero-order valence-electron chi connectivity index (χ0n) is 11.2. The summed E-state index contributed by atoms with van der Waals surface area (Å²) in [5.74, 6) is 0.458. The van der Waals surface area contributed by atoms with E-state index >= 15 is 0 Å². The fraction of sp³-hybridized carbons (Fsp3) is 0.333. The number of hydrogen-bond acceptors (Lipinski definition) is 5. The van der Waals surface area contributed by atoms with Crippen molar-refractivity contribution in [3.63, 3.8) is 0 Å². The molecule has 3 rings (SSSR count). The average Bonchev–Trinajstić information content (AvgIpc) is 2.48. The summed E-state index contributed by atoms with van der Waals surface area (Å²) in [4.78, 5) is 18.1. The van der Waals surface area contributed by atoms with Gasteiger partial charge in [0.25, 0.3) is 5.56 Å². The Hall–Kier alpha value is -2.14. The molecule has 0 spiro atoms. The van der Waals surface area contributed by atoms with Gasteiger partial charge in [-0.2, -0.15) is 4.98 Å². The van der Waals surface area contributed by atoms with Crippen LogP contribution in [0.25, 0.3) is 11.0 Å². The highest BCUT2D eigenvalue weighted by atomic mass is 16.3. The molecule has 0 atom stereocenters. The number of piperazine rings is 1. The van der Waals surface area contributed by atoms with Crippen molar-refractivity contribution < 1.29 is 4.42 Å². The van der Waals surface area contributed by atoms with E-state index in [-0.39, 0.29) is 5.56 Å². The molecule has 1 N–H and O–H groups in total. The maximum atomic E-state index is 11.9. The van der Waals surface area contributed by atoms with Crippen molar-refractivity contribution in [2.75, 3.05) is 26.2 Å². The molecule has 2 aromatic rings. The number of nitrogens with one attached hydrogen (secondary N) is 1. The molecule has 0 unspecified atom stereocenters. The summed E-state index contributed by atoms with van der Waals surface area (Å²) in [7, 11) is 0. The molecule has 5 nitrogen and oxygen atoms in total. The van der Waals surface area contributed by atoms with Crippen molar-refractivity contribution in [2.45, 2.75) is 6.42 Å². The van der Waals surface area contributed by atoms with Gasteiger partial charge in [0.05, 0.1) is 5.39 Å². The van der Waals surface area contributed by atoms with Gasteiger partial charge in [0.15, 0.2) is 0 Å². The van der Waals surface area contributed by atoms with Crippen LogP contribution >= 0.6 is 0 Å². The van der Waals surface area contributed by atoms with E-state index in [1.807, 2.05) is 18.2 Å². The predicted molar refractivity (Wildman–Crippen MR) is 77.6 cm³/mol. The number of para-hydroxylation sites is 1. The van der Waals surface area contributed by atoms with Crippen molar-refractivity contribution in [1.29, 1.82) is 0 Å². The molecule has 0 amide bonds. The SMILES string of the molecule is O=c1nc(CC=CN2CCNCC2)oc2ccccc12. The predicted octanol–water partition coefficient (Wildman–Crippen LogP) is 1.15. The number of rotatable bonds is 3. The molecule has 1 aliphatic heterocycles. The van der Waals surface area contributed by atoms with Crippen molar-refractivity contribution >= 4 is 11.0 Å². The van der Waals surface area contributed by atoms with Crippen molar-refractivity contribution in [1.82, 2.24) is 15.2 Å². The van der Waals surface area contributed by atoms with E-state index in [1.165, 1.54) is 0 Å². The quantitative estimate of drug-likeness (QED) is 0.907. The van der Waals surface area contributed by atoms with E-state index in [0.717, 1.165) is 26.2 Å². The second-order valence-electron chi connectivity index (χ2n) is 4.78. The largest absolute Gasteiger partial charge is 0.442 e. The van der Waals surface area contributed by atoms with Gasteiger partial charge in [-0.15, -0.1) is 0 Å². The third-order valence-electron chi connectivity index (χ3n) is 3.33. The Morgan fingerprint density at radius 2 is 2.10 bits per heavy atom. The van der Waals surface area contributed by atoms with Crippen molar-refractivity contribution in [3.05, 3.63) is 52.8 Å². The Bertz CT molecular complexity index is 672. The Labute approximate surface area is 116 Å². The molecular formula is C15H17N3O2. The third-order valence-corrected chi connectivity index (χ3v) is 3.33. The summed E-state index contributed by atoms with van der Waals surface area (Å²) in [6, 6.07) is 7.19. The molecule has 0 aliphatic carbocycles. The van der Waals surface area contributed by atoms with Gasteiger partial charge in [-0.3, -0.25) is 4.79 Å². The molecule has 1 aromatic carbocycles. The van der Waals surface area contributed by atoms with Gasteiger partial charge in [0.2, 0.25) is 5.89 Å². The van der Waals surface area contributed by atoms with Gasteiger partial charge in [-0.05, 0) is 18.3 Å². The number of hydrogen-bond donors (Lipinski definition) is 1. The number of benzene rings is 1. The molecule has 104 valence electrons. The molecule has 0 bridgehead atoms. The minimum absolute atomic E-state index is 0.225. The zero-order valence-corrected chi connectivity index (χ0v) is 11.2. The highest BCUT2D eigenvalue weighted by Crippen LogP contribution is 2.10. The molecule has 1 fully saturated rings. The minimum atomic E-state index is -0.225. The van der Waals surface area contributed by atoms with Gasteiger partial charge in [0.1, 0.15) is 5.58 Å². The van der Waals surface area contributed by atoms with Gasteiger partial charge >= 0.3 is 0 Å². The molecule has 1 aromatic heterocycles. The van der Waals surface area contributed by atoms with Crippen LogP contribution < -0.4 is 10.9 Å². The van der Waals surface area contributed by atoms with Crippen LogP contribution in [0.15, 0.2) is 45.8 Å². The van der Waals surface area contributed by atoms with Crippen LogP contribution in [0.3, 0.4) is 0 Å². The summed E-state index contributed by atoms with van der Waals surface area (Å²) < 4.78 is 5.64. The highest BCUT2D eigenvalue weighted by molar-refractivity contribution is 5.74. The van der Waals surface area contributed by atoms with E-state index in [0.29, 0.717) is 23.3 Å². The van der Waals surface area contributed by atoms with Gasteiger partial charge < -0.3 is 14.6 Å². The van der Waals surface area contributed by atoms with Crippen molar-refractivity contribution in [2.24, 2.45) is 0 Å². The standard InChI is InChI=1S/C15H17N3O2/c19-15-12-4-1-2-5-13(12)20-14(17-15)6-3-9-18-10-7-16-8-11-18/h1-5,9,16H,6-8,10-11H2. The number of allylic oxidation sites excluding steroid dienone is 1. The summed E-state index contributed by atoms with van der Waals surface area (Å²) >= 11 is 0. The topological polar surface area (TPSA) is 58.4 Å². The zero-order chi connectivity index (χ0) is 13.8. The summed E-state index contributed by atoms with van der Waals surface area (Å²) in [5.41, 5.74) is 0.371. The molecule has 1 saturated heterocycles. The fourth-order valence-corrected chi connectivity index (χ4v) is 2.28. The Morgan fingerprint density at radius 3 is 2.95 bits per heavy atom. The molecule has 1 aliphatic rings. The third kappa shape index (κ3) is 2.88. The van der Waals surface area contributed by atoms with Gasteiger partial charge in [-0.25, -0.2) is 0 Å².